The molecule has 0 radical (unpaired) electrons. The number of nitro benzene ring substituents is 1. The molecular formula is C12H6BrN3O3. The summed E-state index contributed by atoms with van der Waals surface area (Å²) < 4.78 is 5.97. The summed E-state index contributed by atoms with van der Waals surface area (Å²) in [5, 5.41) is 19.6. The Labute approximate surface area is 116 Å². The second-order valence-electron chi connectivity index (χ2n) is 3.47. The molecule has 19 heavy (non-hydrogen) atoms. The molecule has 2 aromatic rings. The van der Waals surface area contributed by atoms with Gasteiger partial charge in [0.1, 0.15) is 11.8 Å². The van der Waals surface area contributed by atoms with Crippen molar-refractivity contribution in [3.8, 4) is 17.6 Å². The smallest absolute Gasteiger partial charge is 0.274 e. The average molecular weight is 320 g/mol. The topological polar surface area (TPSA) is 89.0 Å². The molecule has 0 spiro atoms. The molecule has 0 unspecified atom stereocenters. The van der Waals surface area contributed by atoms with Gasteiger partial charge in [-0.25, -0.2) is 4.98 Å². The van der Waals surface area contributed by atoms with Crippen LogP contribution in [0.2, 0.25) is 0 Å². The van der Waals surface area contributed by atoms with Crippen LogP contribution in [0.3, 0.4) is 0 Å². The number of nitro groups is 1. The first-order chi connectivity index (χ1) is 9.10. The number of benzene rings is 1. The van der Waals surface area contributed by atoms with Crippen molar-refractivity contribution in [1.29, 1.82) is 5.26 Å². The van der Waals surface area contributed by atoms with E-state index in [9.17, 15) is 10.1 Å². The van der Waals surface area contributed by atoms with E-state index < -0.39 is 4.92 Å². The van der Waals surface area contributed by atoms with Crippen LogP contribution in [-0.2, 0) is 0 Å². The maximum absolute atomic E-state index is 10.7. The van der Waals surface area contributed by atoms with Gasteiger partial charge in [0, 0.05) is 16.7 Å². The zero-order valence-electron chi connectivity index (χ0n) is 9.41. The number of rotatable bonds is 3. The van der Waals surface area contributed by atoms with Gasteiger partial charge in [-0.2, -0.15) is 5.26 Å². The minimum absolute atomic E-state index is 0.105. The molecule has 0 saturated carbocycles. The summed E-state index contributed by atoms with van der Waals surface area (Å²) in [5.74, 6) is 0.503. The van der Waals surface area contributed by atoms with Crippen molar-refractivity contribution in [2.45, 2.75) is 0 Å². The Morgan fingerprint density at radius 1 is 1.42 bits per heavy atom. The maximum Gasteiger partial charge on any atom is 0.274 e. The van der Waals surface area contributed by atoms with Gasteiger partial charge < -0.3 is 4.74 Å². The lowest BCUT2D eigenvalue weighted by atomic mass is 10.3. The highest BCUT2D eigenvalue weighted by molar-refractivity contribution is 9.10. The van der Waals surface area contributed by atoms with Crippen molar-refractivity contribution in [3.63, 3.8) is 0 Å². The first kappa shape index (κ1) is 13.0. The first-order valence-electron chi connectivity index (χ1n) is 5.08. The number of nitrogens with zero attached hydrogens (tertiary/aromatic N) is 3. The van der Waals surface area contributed by atoms with E-state index in [1.165, 1.54) is 18.3 Å². The quantitative estimate of drug-likeness (QED) is 0.638. The Bertz CT molecular complexity index is 682. The maximum atomic E-state index is 10.7. The van der Waals surface area contributed by atoms with E-state index in [0.717, 1.165) is 0 Å². The third-order valence-corrected chi connectivity index (χ3v) is 2.63. The number of pyridine rings is 1. The van der Waals surface area contributed by atoms with Gasteiger partial charge in [-0.05, 0) is 18.2 Å². The summed E-state index contributed by atoms with van der Waals surface area (Å²) in [5.41, 5.74) is 0.0110. The van der Waals surface area contributed by atoms with Gasteiger partial charge in [0.05, 0.1) is 11.0 Å². The van der Waals surface area contributed by atoms with Crippen molar-refractivity contribution >= 4 is 21.6 Å². The SMILES string of the molecule is N#Cc1ncccc1Oc1cc(Br)cc([N+](=O)[O-])c1. The predicted octanol–water partition coefficient (Wildman–Crippen LogP) is 3.42. The fraction of sp³-hybridized carbons (Fsp3) is 0. The molecule has 0 aliphatic rings. The normalized spacial score (nSPS) is 9.68. The second-order valence-corrected chi connectivity index (χ2v) is 4.38. The third-order valence-electron chi connectivity index (χ3n) is 2.17. The van der Waals surface area contributed by atoms with Gasteiger partial charge in [-0.15, -0.1) is 0 Å². The van der Waals surface area contributed by atoms with E-state index >= 15 is 0 Å². The Morgan fingerprint density at radius 3 is 2.89 bits per heavy atom. The van der Waals surface area contributed by atoms with Crippen molar-refractivity contribution in [2.24, 2.45) is 0 Å². The molecule has 0 fully saturated rings. The van der Waals surface area contributed by atoms with E-state index in [0.29, 0.717) is 4.47 Å². The van der Waals surface area contributed by atoms with E-state index in [2.05, 4.69) is 20.9 Å². The molecule has 0 aliphatic carbocycles. The lowest BCUT2D eigenvalue weighted by Gasteiger charge is -2.06. The van der Waals surface area contributed by atoms with Crippen LogP contribution in [0.1, 0.15) is 5.69 Å². The zero-order chi connectivity index (χ0) is 13.8. The van der Waals surface area contributed by atoms with E-state index in [4.69, 9.17) is 10.00 Å². The number of ether oxygens (including phenoxy) is 1. The number of non-ortho nitro benzene ring substituents is 1. The van der Waals surface area contributed by atoms with Crippen molar-refractivity contribution in [2.75, 3.05) is 0 Å². The summed E-state index contributed by atoms with van der Waals surface area (Å²) in [6.07, 6.45) is 1.47. The molecule has 1 aromatic carbocycles. The number of hydrogen-bond acceptors (Lipinski definition) is 5. The lowest BCUT2D eigenvalue weighted by Crippen LogP contribution is -1.93. The summed E-state index contributed by atoms with van der Waals surface area (Å²) in [4.78, 5) is 14.1. The Balaban J connectivity index is 2.39. The van der Waals surface area contributed by atoms with Gasteiger partial charge in [0.15, 0.2) is 11.4 Å². The van der Waals surface area contributed by atoms with E-state index in [1.54, 1.807) is 18.2 Å². The molecule has 7 heteroatoms. The second kappa shape index (κ2) is 5.46. The number of nitriles is 1. The third kappa shape index (κ3) is 3.05. The van der Waals surface area contributed by atoms with Crippen LogP contribution in [-0.4, -0.2) is 9.91 Å². The minimum atomic E-state index is -0.522. The fourth-order valence-corrected chi connectivity index (χ4v) is 1.86. The highest BCUT2D eigenvalue weighted by Crippen LogP contribution is 2.30. The van der Waals surface area contributed by atoms with Crippen LogP contribution in [0.25, 0.3) is 0 Å². The Kier molecular flexibility index (Phi) is 3.73. The molecule has 94 valence electrons. The molecule has 6 nitrogen and oxygen atoms in total. The van der Waals surface area contributed by atoms with Gasteiger partial charge in [-0.3, -0.25) is 10.1 Å². The van der Waals surface area contributed by atoms with Crippen molar-refractivity contribution in [1.82, 2.24) is 4.98 Å². The summed E-state index contributed by atoms with van der Waals surface area (Å²) in [7, 11) is 0. The van der Waals surface area contributed by atoms with E-state index in [1.807, 2.05) is 6.07 Å². The summed E-state index contributed by atoms with van der Waals surface area (Å²) in [6, 6.07) is 9.28. The van der Waals surface area contributed by atoms with Crippen molar-refractivity contribution < 1.29 is 9.66 Å². The molecule has 0 amide bonds. The highest BCUT2D eigenvalue weighted by Gasteiger charge is 2.11. The molecular weight excluding hydrogens is 314 g/mol. The fourth-order valence-electron chi connectivity index (χ4n) is 1.40. The van der Waals surface area contributed by atoms with Crippen LogP contribution >= 0.6 is 15.9 Å². The molecule has 2 rings (SSSR count). The molecule has 0 aliphatic heterocycles. The molecule has 0 atom stereocenters. The lowest BCUT2D eigenvalue weighted by molar-refractivity contribution is -0.385. The van der Waals surface area contributed by atoms with Crippen LogP contribution < -0.4 is 4.74 Å². The Hall–Kier alpha value is -2.46. The molecule has 0 N–H and O–H groups in total. The van der Waals surface area contributed by atoms with Crippen molar-refractivity contribution in [3.05, 3.63) is 56.8 Å². The molecule has 0 saturated heterocycles. The molecule has 1 heterocycles. The average Bonchev–Trinajstić information content (AvgIpc) is 2.38. The highest BCUT2D eigenvalue weighted by atomic mass is 79.9. The largest absolute Gasteiger partial charge is 0.454 e. The number of hydrogen-bond donors (Lipinski definition) is 0. The predicted molar refractivity (Wildman–Crippen MR) is 69.8 cm³/mol. The number of aromatic nitrogens is 1. The monoisotopic (exact) mass is 319 g/mol. The van der Waals surface area contributed by atoms with E-state index in [-0.39, 0.29) is 22.9 Å². The first-order valence-corrected chi connectivity index (χ1v) is 5.87. The summed E-state index contributed by atoms with van der Waals surface area (Å²) in [6.45, 7) is 0. The standard InChI is InChI=1S/C12H6BrN3O3/c13-8-4-9(16(17)18)6-10(5-8)19-12-2-1-3-15-11(12)7-14/h1-6H. The van der Waals surface area contributed by atoms with Gasteiger partial charge in [0.25, 0.3) is 5.69 Å². The zero-order valence-corrected chi connectivity index (χ0v) is 11.0. The van der Waals surface area contributed by atoms with Gasteiger partial charge in [0.2, 0.25) is 0 Å². The van der Waals surface area contributed by atoms with Gasteiger partial charge in [-0.1, -0.05) is 15.9 Å². The van der Waals surface area contributed by atoms with Crippen LogP contribution in [0.4, 0.5) is 5.69 Å². The molecule has 0 bridgehead atoms. The van der Waals surface area contributed by atoms with Crippen LogP contribution in [0, 0.1) is 21.4 Å². The van der Waals surface area contributed by atoms with Crippen LogP contribution in [0.15, 0.2) is 41.0 Å². The minimum Gasteiger partial charge on any atom is -0.454 e. The van der Waals surface area contributed by atoms with Crippen LogP contribution in [0.5, 0.6) is 11.5 Å². The van der Waals surface area contributed by atoms with Gasteiger partial charge >= 0.3 is 0 Å². The number of halogens is 1. The Morgan fingerprint density at radius 2 is 2.21 bits per heavy atom. The molecule has 1 aromatic heterocycles. The summed E-state index contributed by atoms with van der Waals surface area (Å²) >= 11 is 3.17.